The van der Waals surface area contributed by atoms with Crippen molar-refractivity contribution in [2.24, 2.45) is 9.98 Å². The third kappa shape index (κ3) is 22.4. The van der Waals surface area contributed by atoms with Gasteiger partial charge in [-0.25, -0.2) is 0 Å². The van der Waals surface area contributed by atoms with Crippen LogP contribution in [0.3, 0.4) is 0 Å². The smallest absolute Gasteiger partial charge is 0.0636 e. The van der Waals surface area contributed by atoms with Crippen LogP contribution in [0.15, 0.2) is 58.5 Å². The molecule has 2 aromatic rings. The first-order chi connectivity index (χ1) is 21.7. The molecule has 0 heterocycles. The normalized spacial score (nSPS) is 11.8. The first-order valence-electron chi connectivity index (χ1n) is 19.0. The second kappa shape index (κ2) is 29.7. The van der Waals surface area contributed by atoms with Crippen molar-refractivity contribution in [2.75, 3.05) is 0 Å². The van der Waals surface area contributed by atoms with Crippen molar-refractivity contribution in [3.8, 4) is 0 Å². The molecule has 0 aliphatic heterocycles. The molecular weight excluding hydrogens is 591 g/mol. The minimum absolute atomic E-state index is 0. The molecule has 0 saturated heterocycles. The van der Waals surface area contributed by atoms with Gasteiger partial charge < -0.3 is 0 Å². The minimum atomic E-state index is 0. The van der Waals surface area contributed by atoms with E-state index in [1.54, 1.807) is 0 Å². The van der Waals surface area contributed by atoms with Gasteiger partial charge in [0.1, 0.15) is 0 Å². The van der Waals surface area contributed by atoms with Gasteiger partial charge in [0, 0.05) is 22.7 Å². The van der Waals surface area contributed by atoms with Crippen LogP contribution < -0.4 is 0 Å². The zero-order chi connectivity index (χ0) is 31.3. The second-order valence-electron chi connectivity index (χ2n) is 13.2. The largest absolute Gasteiger partial charge is 0.255 e. The van der Waals surface area contributed by atoms with Crippen LogP contribution in [0.2, 0.25) is 0 Å². The summed E-state index contributed by atoms with van der Waals surface area (Å²) in [7, 11) is 0. The zero-order valence-electron chi connectivity index (χ0n) is 29.6. The average Bonchev–Trinajstić information content (AvgIpc) is 3.04. The van der Waals surface area contributed by atoms with E-state index in [1.807, 2.05) is 6.21 Å². The van der Waals surface area contributed by atoms with Crippen LogP contribution in [0.4, 0.5) is 11.4 Å². The molecular formula is C42H68N2Ni. The molecule has 0 saturated carbocycles. The third-order valence-corrected chi connectivity index (χ3v) is 8.88. The van der Waals surface area contributed by atoms with Crippen molar-refractivity contribution < 1.29 is 16.5 Å². The fourth-order valence-electron chi connectivity index (χ4n) is 6.03. The van der Waals surface area contributed by atoms with Crippen LogP contribution >= 0.6 is 0 Å². The first kappa shape index (κ1) is 41.3. The fraction of sp³-hybridized carbons (Fsp3) is 0.667. The average molecular weight is 660 g/mol. The predicted molar refractivity (Wildman–Crippen MR) is 199 cm³/mol. The first-order valence-corrected chi connectivity index (χ1v) is 19.0. The molecule has 0 radical (unpaired) electrons. The maximum Gasteiger partial charge on any atom is 0.0636 e. The van der Waals surface area contributed by atoms with Gasteiger partial charge in [0.15, 0.2) is 0 Å². The van der Waals surface area contributed by atoms with E-state index < -0.39 is 0 Å². The minimum Gasteiger partial charge on any atom is -0.255 e. The van der Waals surface area contributed by atoms with E-state index in [2.05, 4.69) is 69.3 Å². The molecule has 0 amide bonds. The summed E-state index contributed by atoms with van der Waals surface area (Å²) in [5, 5.41) is 0. The summed E-state index contributed by atoms with van der Waals surface area (Å²) in [5.41, 5.74) is 6.03. The molecule has 45 heavy (non-hydrogen) atoms. The van der Waals surface area contributed by atoms with Gasteiger partial charge in [0.2, 0.25) is 0 Å². The van der Waals surface area contributed by atoms with Gasteiger partial charge in [0.05, 0.1) is 17.1 Å². The topological polar surface area (TPSA) is 24.7 Å². The SMILES string of the molecule is CCCCCCCCCCCCc1cccc(N=CC(CCCC)=Nc2cccc(CCCCCCCCCCCC)c2)c1.[Ni]. The van der Waals surface area contributed by atoms with Gasteiger partial charge >= 0.3 is 0 Å². The maximum atomic E-state index is 5.07. The number of hydrogen-bond donors (Lipinski definition) is 0. The van der Waals surface area contributed by atoms with Crippen molar-refractivity contribution in [2.45, 2.75) is 181 Å². The Bertz CT molecular complexity index is 1010. The molecule has 0 bridgehead atoms. The molecule has 0 N–H and O–H groups in total. The van der Waals surface area contributed by atoms with E-state index >= 15 is 0 Å². The van der Waals surface area contributed by atoms with Gasteiger partial charge in [-0.1, -0.05) is 167 Å². The van der Waals surface area contributed by atoms with E-state index in [0.717, 1.165) is 42.8 Å². The maximum absolute atomic E-state index is 5.07. The van der Waals surface area contributed by atoms with E-state index in [1.165, 1.54) is 146 Å². The van der Waals surface area contributed by atoms with Crippen LogP contribution in [-0.4, -0.2) is 11.9 Å². The van der Waals surface area contributed by atoms with Gasteiger partial charge in [0.25, 0.3) is 0 Å². The Hall–Kier alpha value is -1.73. The Morgan fingerprint density at radius 1 is 0.489 bits per heavy atom. The monoisotopic (exact) mass is 658 g/mol. The number of nitrogens with zero attached hydrogens (tertiary/aromatic N) is 2. The second-order valence-corrected chi connectivity index (χ2v) is 13.2. The van der Waals surface area contributed by atoms with E-state index in [9.17, 15) is 0 Å². The van der Waals surface area contributed by atoms with E-state index in [0.29, 0.717) is 0 Å². The molecule has 2 aromatic carbocycles. The number of unbranched alkanes of at least 4 members (excludes halogenated alkanes) is 19. The molecule has 0 aromatic heterocycles. The third-order valence-electron chi connectivity index (χ3n) is 8.88. The summed E-state index contributed by atoms with van der Waals surface area (Å²) in [6.07, 6.45) is 35.3. The quantitative estimate of drug-likeness (QED) is 0.0493. The number of rotatable bonds is 28. The molecule has 0 spiro atoms. The van der Waals surface area contributed by atoms with E-state index in [-0.39, 0.29) is 16.5 Å². The van der Waals surface area contributed by atoms with Crippen molar-refractivity contribution in [1.29, 1.82) is 0 Å². The summed E-state index contributed by atoms with van der Waals surface area (Å²) in [5.74, 6) is 0. The van der Waals surface area contributed by atoms with Crippen LogP contribution in [0.1, 0.15) is 180 Å². The number of benzene rings is 2. The van der Waals surface area contributed by atoms with Crippen LogP contribution in [0.5, 0.6) is 0 Å². The van der Waals surface area contributed by atoms with Gasteiger partial charge in [-0.3, -0.25) is 9.98 Å². The van der Waals surface area contributed by atoms with Crippen molar-refractivity contribution in [3.63, 3.8) is 0 Å². The predicted octanol–water partition coefficient (Wildman–Crippen LogP) is 14.3. The van der Waals surface area contributed by atoms with Crippen molar-refractivity contribution >= 4 is 23.3 Å². The number of aliphatic imine (C=N–C) groups is 2. The Balaban J connectivity index is 0.0000101. The van der Waals surface area contributed by atoms with Crippen LogP contribution in [0, 0.1) is 0 Å². The van der Waals surface area contributed by atoms with Gasteiger partial charge in [-0.05, 0) is 73.9 Å². The summed E-state index contributed by atoms with van der Waals surface area (Å²) in [4.78, 5) is 9.95. The molecule has 2 nitrogen and oxygen atoms in total. The molecule has 0 fully saturated rings. The van der Waals surface area contributed by atoms with Crippen molar-refractivity contribution in [3.05, 3.63) is 59.7 Å². The molecule has 256 valence electrons. The van der Waals surface area contributed by atoms with Crippen molar-refractivity contribution in [1.82, 2.24) is 0 Å². The molecule has 2 rings (SSSR count). The van der Waals surface area contributed by atoms with E-state index in [4.69, 9.17) is 9.98 Å². The van der Waals surface area contributed by atoms with Gasteiger partial charge in [-0.2, -0.15) is 0 Å². The number of aryl methyl sites for hydroxylation is 2. The van der Waals surface area contributed by atoms with Crippen LogP contribution in [0.25, 0.3) is 0 Å². The molecule has 0 aliphatic carbocycles. The molecule has 3 heteroatoms. The fourth-order valence-corrected chi connectivity index (χ4v) is 6.03. The molecule has 0 unspecified atom stereocenters. The van der Waals surface area contributed by atoms with Crippen LogP contribution in [-0.2, 0) is 29.3 Å². The summed E-state index contributed by atoms with van der Waals surface area (Å²) < 4.78 is 0. The standard InChI is InChI=1S/C42H68N2.Ni/c1-4-7-10-12-14-16-18-20-22-24-28-38-30-26-33-40(35-38)43-37-42(32-9-6-3)44-41-34-27-31-39(36-41)29-25-23-21-19-17-15-13-11-8-5-2;/h26-27,30-31,33-37H,4-25,28-29,32H2,1-3H3;. The molecule has 0 aliphatic rings. The summed E-state index contributed by atoms with van der Waals surface area (Å²) >= 11 is 0. The van der Waals surface area contributed by atoms with Gasteiger partial charge in [-0.15, -0.1) is 0 Å². The Kier molecular flexibility index (Phi) is 27.2. The number of hydrogen-bond acceptors (Lipinski definition) is 2. The molecule has 0 atom stereocenters. The summed E-state index contributed by atoms with van der Waals surface area (Å²) in [6, 6.07) is 17.7. The Labute approximate surface area is 289 Å². The summed E-state index contributed by atoms with van der Waals surface area (Å²) in [6.45, 7) is 6.84. The Morgan fingerprint density at radius 3 is 1.36 bits per heavy atom. The zero-order valence-corrected chi connectivity index (χ0v) is 30.6. The Morgan fingerprint density at radius 2 is 0.889 bits per heavy atom.